The maximum Gasteiger partial charge on any atom is 0.0726 e. The van der Waals surface area contributed by atoms with Gasteiger partial charge in [-0.2, -0.15) is 0 Å². The van der Waals surface area contributed by atoms with Gasteiger partial charge in [0.05, 0.1) is 5.70 Å². The number of benzene rings is 1. The Morgan fingerprint density at radius 2 is 2.07 bits per heavy atom. The molecule has 0 N–H and O–H groups in total. The number of hydrogen-bond donors (Lipinski definition) is 0. The zero-order chi connectivity index (χ0) is 11.4. The van der Waals surface area contributed by atoms with Crippen molar-refractivity contribution in [3.8, 4) is 0 Å². The minimum absolute atomic E-state index is 0.867. The molecule has 78 valence electrons. The molecule has 0 aromatic heterocycles. The highest BCUT2D eigenvalue weighted by atomic mass is 14.7. The van der Waals surface area contributed by atoms with Crippen molar-refractivity contribution in [1.82, 2.24) is 0 Å². The first-order chi connectivity index (χ1) is 7.11. The van der Waals surface area contributed by atoms with E-state index < -0.39 is 0 Å². The lowest BCUT2D eigenvalue weighted by Gasteiger charge is -2.04. The molecule has 0 saturated carbocycles. The largest absolute Gasteiger partial charge is 0.264 e. The number of hydrogen-bond acceptors (Lipinski definition) is 1. The van der Waals surface area contributed by atoms with Crippen molar-refractivity contribution < 1.29 is 0 Å². The molecule has 0 heterocycles. The fourth-order valence-corrected chi connectivity index (χ4v) is 1.48. The second-order valence-electron chi connectivity index (χ2n) is 3.56. The van der Waals surface area contributed by atoms with Gasteiger partial charge in [-0.05, 0) is 36.4 Å². The van der Waals surface area contributed by atoms with Gasteiger partial charge in [-0.15, -0.1) is 0 Å². The van der Waals surface area contributed by atoms with E-state index in [4.69, 9.17) is 0 Å². The van der Waals surface area contributed by atoms with Crippen LogP contribution >= 0.6 is 0 Å². The highest BCUT2D eigenvalue weighted by molar-refractivity contribution is 5.65. The SMILES string of the molecule is C=N/C(C(=C)CC)=c1\cccc(C)c1=C. The molecular formula is C14H17N. The molecule has 0 saturated heterocycles. The molecule has 1 aromatic carbocycles. The van der Waals surface area contributed by atoms with E-state index in [9.17, 15) is 0 Å². The average molecular weight is 199 g/mol. The van der Waals surface area contributed by atoms with Crippen LogP contribution in [0.5, 0.6) is 0 Å². The smallest absolute Gasteiger partial charge is 0.0726 e. The average Bonchev–Trinajstić information content (AvgIpc) is 2.24. The molecule has 1 rings (SSSR count). The molecule has 0 amide bonds. The van der Waals surface area contributed by atoms with Crippen molar-refractivity contribution in [2.75, 3.05) is 0 Å². The molecular weight excluding hydrogens is 182 g/mol. The second kappa shape index (κ2) is 4.74. The first kappa shape index (κ1) is 11.4. The monoisotopic (exact) mass is 199 g/mol. The number of rotatable bonds is 3. The van der Waals surface area contributed by atoms with Gasteiger partial charge in [0.15, 0.2) is 0 Å². The van der Waals surface area contributed by atoms with Gasteiger partial charge in [-0.25, -0.2) is 0 Å². The molecule has 0 unspecified atom stereocenters. The topological polar surface area (TPSA) is 12.4 Å². The molecule has 1 nitrogen and oxygen atoms in total. The molecule has 0 radical (unpaired) electrons. The molecule has 0 aliphatic rings. The van der Waals surface area contributed by atoms with Crippen LogP contribution in [-0.2, 0) is 0 Å². The van der Waals surface area contributed by atoms with Crippen molar-refractivity contribution in [3.05, 3.63) is 46.4 Å². The maximum atomic E-state index is 4.06. The van der Waals surface area contributed by atoms with Gasteiger partial charge in [0.2, 0.25) is 0 Å². The number of aryl methyl sites for hydroxylation is 1. The Labute approximate surface area is 91.2 Å². The Balaban J connectivity index is 3.65. The maximum absolute atomic E-state index is 4.06. The lowest BCUT2D eigenvalue weighted by atomic mass is 10.1. The predicted molar refractivity (Wildman–Crippen MR) is 68.3 cm³/mol. The summed E-state index contributed by atoms with van der Waals surface area (Å²) >= 11 is 0. The predicted octanol–water partition coefficient (Wildman–Crippen LogP) is 2.18. The Kier molecular flexibility index (Phi) is 3.62. The van der Waals surface area contributed by atoms with Gasteiger partial charge in [0, 0.05) is 5.22 Å². The quantitative estimate of drug-likeness (QED) is 0.662. The van der Waals surface area contributed by atoms with Crippen molar-refractivity contribution in [1.29, 1.82) is 0 Å². The van der Waals surface area contributed by atoms with Crippen LogP contribution in [0.1, 0.15) is 18.9 Å². The van der Waals surface area contributed by atoms with Crippen LogP contribution in [0.2, 0.25) is 0 Å². The number of nitrogens with zero attached hydrogens (tertiary/aromatic N) is 1. The zero-order valence-corrected chi connectivity index (χ0v) is 9.51. The first-order valence-corrected chi connectivity index (χ1v) is 5.05. The minimum atomic E-state index is 0.867. The van der Waals surface area contributed by atoms with E-state index in [1.54, 1.807) is 0 Å². The van der Waals surface area contributed by atoms with Crippen LogP contribution in [0.4, 0.5) is 0 Å². The Hall–Kier alpha value is -1.63. The highest BCUT2D eigenvalue weighted by Crippen LogP contribution is 2.10. The third-order valence-corrected chi connectivity index (χ3v) is 2.59. The first-order valence-electron chi connectivity index (χ1n) is 5.05. The van der Waals surface area contributed by atoms with E-state index >= 15 is 0 Å². The summed E-state index contributed by atoms with van der Waals surface area (Å²) in [6.45, 7) is 15.8. The molecule has 0 fully saturated rings. The molecule has 0 aliphatic heterocycles. The van der Waals surface area contributed by atoms with Crippen LogP contribution in [0.3, 0.4) is 0 Å². The van der Waals surface area contributed by atoms with Crippen LogP contribution in [-0.4, -0.2) is 6.72 Å². The van der Waals surface area contributed by atoms with E-state index in [2.05, 4.69) is 31.8 Å². The molecule has 0 bridgehead atoms. The summed E-state index contributed by atoms with van der Waals surface area (Å²) in [5, 5.41) is 2.05. The van der Waals surface area contributed by atoms with Crippen LogP contribution < -0.4 is 10.4 Å². The Morgan fingerprint density at radius 1 is 1.40 bits per heavy atom. The third kappa shape index (κ3) is 2.24. The van der Waals surface area contributed by atoms with Crippen molar-refractivity contribution in [2.24, 2.45) is 4.99 Å². The summed E-state index contributed by atoms with van der Waals surface area (Å²) in [7, 11) is 0. The van der Waals surface area contributed by atoms with Crippen molar-refractivity contribution in [2.45, 2.75) is 20.3 Å². The molecule has 0 spiro atoms. The summed E-state index contributed by atoms with van der Waals surface area (Å²) in [6, 6.07) is 6.06. The van der Waals surface area contributed by atoms with Gasteiger partial charge in [0.1, 0.15) is 0 Å². The molecule has 1 heteroatoms. The van der Waals surface area contributed by atoms with E-state index in [1.165, 1.54) is 0 Å². The summed E-state index contributed by atoms with van der Waals surface area (Å²) in [5.74, 6) is 0. The summed E-state index contributed by atoms with van der Waals surface area (Å²) in [4.78, 5) is 4.06. The summed E-state index contributed by atoms with van der Waals surface area (Å²) in [5.41, 5.74) is 3.03. The highest BCUT2D eigenvalue weighted by Gasteiger charge is 2.00. The Morgan fingerprint density at radius 3 is 2.60 bits per heavy atom. The van der Waals surface area contributed by atoms with Gasteiger partial charge >= 0.3 is 0 Å². The second-order valence-corrected chi connectivity index (χ2v) is 3.56. The Bertz CT molecular complexity index is 495. The molecule has 0 atom stereocenters. The van der Waals surface area contributed by atoms with Crippen molar-refractivity contribution in [3.63, 3.8) is 0 Å². The third-order valence-electron chi connectivity index (χ3n) is 2.59. The van der Waals surface area contributed by atoms with Crippen molar-refractivity contribution >= 4 is 19.0 Å². The van der Waals surface area contributed by atoms with Crippen LogP contribution in [0.15, 0.2) is 35.3 Å². The fourth-order valence-electron chi connectivity index (χ4n) is 1.48. The normalized spacial score (nSPS) is 12.1. The van der Waals surface area contributed by atoms with E-state index in [0.717, 1.165) is 33.7 Å². The van der Waals surface area contributed by atoms with Gasteiger partial charge < -0.3 is 0 Å². The summed E-state index contributed by atoms with van der Waals surface area (Å²) in [6.07, 6.45) is 0.877. The fraction of sp³-hybridized carbons (Fsp3) is 0.214. The molecule has 15 heavy (non-hydrogen) atoms. The molecule has 0 aliphatic carbocycles. The van der Waals surface area contributed by atoms with E-state index in [0.29, 0.717) is 0 Å². The summed E-state index contributed by atoms with van der Waals surface area (Å²) < 4.78 is 0. The lowest BCUT2D eigenvalue weighted by Crippen LogP contribution is -2.27. The number of aliphatic imine (C=N–C) groups is 1. The van der Waals surface area contributed by atoms with E-state index in [1.807, 2.05) is 25.1 Å². The lowest BCUT2D eigenvalue weighted by molar-refractivity contribution is 1.15. The van der Waals surface area contributed by atoms with Crippen LogP contribution in [0, 0.1) is 6.92 Å². The van der Waals surface area contributed by atoms with E-state index in [-0.39, 0.29) is 0 Å². The molecule has 1 aromatic rings. The van der Waals surface area contributed by atoms with Gasteiger partial charge in [-0.1, -0.05) is 38.3 Å². The minimum Gasteiger partial charge on any atom is -0.264 e. The standard InChI is InChI=1S/C14H17N/c1-6-10(2)14(15-5)13-9-7-8-11(3)12(13)4/h7-9H,2,4-6H2,1,3H3/b14-13+. The van der Waals surface area contributed by atoms with Gasteiger partial charge in [0.25, 0.3) is 0 Å². The zero-order valence-electron chi connectivity index (χ0n) is 9.51. The van der Waals surface area contributed by atoms with Crippen LogP contribution in [0.25, 0.3) is 12.3 Å². The van der Waals surface area contributed by atoms with Gasteiger partial charge in [-0.3, -0.25) is 4.99 Å².